The predicted octanol–water partition coefficient (Wildman–Crippen LogP) is 10.5. The summed E-state index contributed by atoms with van der Waals surface area (Å²) in [7, 11) is 0. The van der Waals surface area contributed by atoms with Gasteiger partial charge in [-0.15, -0.1) is 0 Å². The molecule has 0 bridgehead atoms. The molecular formula is C44H59ClO6. The largest absolute Gasteiger partial charge is 0.481 e. The van der Waals surface area contributed by atoms with Crippen LogP contribution in [0.25, 0.3) is 0 Å². The summed E-state index contributed by atoms with van der Waals surface area (Å²) in [5, 5.41) is 19.9. The van der Waals surface area contributed by atoms with Crippen LogP contribution in [0.4, 0.5) is 0 Å². The Labute approximate surface area is 310 Å². The molecule has 2 N–H and O–H groups in total. The molecule has 5 saturated carbocycles. The maximum atomic E-state index is 13.1. The molecule has 6 rings (SSSR count). The lowest BCUT2D eigenvalue weighted by atomic mass is 9.32. The number of hydrogen-bond donors (Lipinski definition) is 2. The molecule has 0 heterocycles. The van der Waals surface area contributed by atoms with Gasteiger partial charge in [-0.25, -0.2) is 4.79 Å². The van der Waals surface area contributed by atoms with E-state index >= 15 is 0 Å². The zero-order valence-electron chi connectivity index (χ0n) is 32.1. The van der Waals surface area contributed by atoms with Gasteiger partial charge in [0.1, 0.15) is 6.10 Å². The number of halogens is 1. The van der Waals surface area contributed by atoms with Crippen molar-refractivity contribution in [2.45, 2.75) is 132 Å². The van der Waals surface area contributed by atoms with E-state index in [0.717, 1.165) is 57.8 Å². The Hall–Kier alpha value is -2.78. The van der Waals surface area contributed by atoms with E-state index in [1.807, 2.05) is 0 Å². The van der Waals surface area contributed by atoms with Crippen LogP contribution in [-0.4, -0.2) is 34.2 Å². The van der Waals surface area contributed by atoms with Crippen LogP contribution in [0.5, 0.6) is 0 Å². The number of aromatic carboxylic acids is 1. The van der Waals surface area contributed by atoms with Crippen molar-refractivity contribution in [1.29, 1.82) is 0 Å². The summed E-state index contributed by atoms with van der Waals surface area (Å²) in [6.07, 6.45) is 10.2. The fraction of sp³-hybridized carbons (Fsp3) is 0.705. The molecule has 6 nitrogen and oxygen atoms in total. The number of aliphatic carboxylic acids is 1. The van der Waals surface area contributed by atoms with Crippen LogP contribution in [0, 0.1) is 73.9 Å². The van der Waals surface area contributed by atoms with Gasteiger partial charge in [-0.2, -0.15) is 0 Å². The van der Waals surface area contributed by atoms with Gasteiger partial charge in [0.25, 0.3) is 0 Å². The Morgan fingerprint density at radius 2 is 1.63 bits per heavy atom. The van der Waals surface area contributed by atoms with Crippen molar-refractivity contribution in [1.82, 2.24) is 0 Å². The van der Waals surface area contributed by atoms with Crippen LogP contribution < -0.4 is 0 Å². The topological polar surface area (TPSA) is 101 Å². The molecule has 0 amide bonds. The quantitative estimate of drug-likeness (QED) is 0.172. The van der Waals surface area contributed by atoms with E-state index in [1.54, 1.807) is 26.0 Å². The number of carboxylic acid groups (broad SMARTS) is 2. The van der Waals surface area contributed by atoms with Crippen molar-refractivity contribution in [2.75, 3.05) is 0 Å². The summed E-state index contributed by atoms with van der Waals surface area (Å²) < 4.78 is 6.16. The summed E-state index contributed by atoms with van der Waals surface area (Å²) in [5.74, 6) is 6.98. The number of fused-ring (bicyclic) bond motifs is 7. The molecule has 10 atom stereocenters. The lowest BCUT2D eigenvalue weighted by Gasteiger charge is -2.72. The first-order valence-corrected chi connectivity index (χ1v) is 19.7. The van der Waals surface area contributed by atoms with Gasteiger partial charge in [-0.3, -0.25) is 9.59 Å². The second-order valence-electron chi connectivity index (χ2n) is 19.3. The number of carbonyl (C=O) groups excluding carboxylic acids is 1. The molecule has 0 spiro atoms. The molecule has 7 heteroatoms. The smallest absolute Gasteiger partial charge is 0.337 e. The molecule has 51 heavy (non-hydrogen) atoms. The number of esters is 1. The highest BCUT2D eigenvalue weighted by Gasteiger charge is 2.71. The fourth-order valence-electron chi connectivity index (χ4n) is 13.2. The number of rotatable bonds is 6. The van der Waals surface area contributed by atoms with Crippen LogP contribution in [-0.2, 0) is 14.3 Å². The van der Waals surface area contributed by atoms with Crippen molar-refractivity contribution >= 4 is 29.5 Å². The number of carboxylic acids is 2. The molecule has 0 aromatic heterocycles. The molecule has 0 radical (unpaired) electrons. The Morgan fingerprint density at radius 3 is 2.27 bits per heavy atom. The van der Waals surface area contributed by atoms with Gasteiger partial charge < -0.3 is 14.9 Å². The van der Waals surface area contributed by atoms with Gasteiger partial charge in [-0.1, -0.05) is 70.2 Å². The molecule has 0 aliphatic heterocycles. The normalized spacial score (nSPS) is 39.5. The standard InChI is InChI=1S/C44H59ClO6/c1-26(2)29-15-21-44(20-14-27-10-11-28(45)24-30(27)37(47)48)23-22-42(8)31(36(29)44)12-13-33-41(7)18-17-34(51-35(46)25-39(3,4)38(49)50)40(5,6)32(41)16-19-43(33,42)9/h10-11,24,29,31-34,36H,1,12-13,15-19,21-23,25H2,2-9H3,(H,47,48)(H,49,50)/t29-,31?,32?,33?,34?,36?,41-,42+,43+,44+/m0/s1. The first-order valence-electron chi connectivity index (χ1n) is 19.3. The Balaban J connectivity index is 1.30. The lowest BCUT2D eigenvalue weighted by molar-refractivity contribution is -0.247. The van der Waals surface area contributed by atoms with Crippen molar-refractivity contribution in [2.24, 2.45) is 62.1 Å². The zero-order valence-corrected chi connectivity index (χ0v) is 32.8. The molecule has 0 saturated heterocycles. The van der Waals surface area contributed by atoms with E-state index in [0.29, 0.717) is 40.2 Å². The minimum atomic E-state index is -1.16. The zero-order chi connectivity index (χ0) is 37.5. The number of carbonyl (C=O) groups is 3. The average molecular weight is 719 g/mol. The van der Waals surface area contributed by atoms with Crippen LogP contribution in [0.3, 0.4) is 0 Å². The van der Waals surface area contributed by atoms with Gasteiger partial charge in [-0.05, 0) is 149 Å². The number of hydrogen-bond acceptors (Lipinski definition) is 4. The van der Waals surface area contributed by atoms with Gasteiger partial charge in [0.15, 0.2) is 0 Å². The lowest BCUT2D eigenvalue weighted by Crippen LogP contribution is -2.66. The van der Waals surface area contributed by atoms with Crippen LogP contribution in [0.15, 0.2) is 30.4 Å². The first kappa shape index (κ1) is 38.0. The molecule has 5 unspecified atom stereocenters. The maximum Gasteiger partial charge on any atom is 0.337 e. The highest BCUT2D eigenvalue weighted by molar-refractivity contribution is 6.31. The second-order valence-corrected chi connectivity index (χ2v) is 19.7. The van der Waals surface area contributed by atoms with E-state index in [9.17, 15) is 24.6 Å². The maximum absolute atomic E-state index is 13.1. The van der Waals surface area contributed by atoms with E-state index in [2.05, 4.69) is 60.0 Å². The SMILES string of the molecule is C=C(C)[C@@H]1CC[C@]2(C#Cc3ccc(Cl)cc3C(=O)O)CC[C@]3(C)C(CCC4[C@@]5(C)CCC(OC(=O)CC(C)(C)C(=O)O)C(C)(C)C5CC[C@]43C)C12. The van der Waals surface area contributed by atoms with Crippen molar-refractivity contribution in [3.63, 3.8) is 0 Å². The molecule has 1 aromatic carbocycles. The van der Waals surface area contributed by atoms with E-state index in [-0.39, 0.29) is 45.2 Å². The Kier molecular flexibility index (Phi) is 9.43. The first-order chi connectivity index (χ1) is 23.6. The third-order valence-corrected chi connectivity index (χ3v) is 16.3. The summed E-state index contributed by atoms with van der Waals surface area (Å²) >= 11 is 6.18. The minimum absolute atomic E-state index is 0.104. The Morgan fingerprint density at radius 1 is 0.922 bits per heavy atom. The summed E-state index contributed by atoms with van der Waals surface area (Å²) in [6.45, 7) is 22.2. The molecule has 278 valence electrons. The Bertz CT molecular complexity index is 1700. The highest BCUT2D eigenvalue weighted by atomic mass is 35.5. The molecule has 5 aliphatic rings. The third-order valence-electron chi connectivity index (χ3n) is 16.1. The number of ether oxygens (including phenoxy) is 1. The van der Waals surface area contributed by atoms with Gasteiger partial charge >= 0.3 is 17.9 Å². The summed E-state index contributed by atoms with van der Waals surface area (Å²) in [5.41, 5.74) is 0.750. The molecule has 5 aliphatic carbocycles. The van der Waals surface area contributed by atoms with Crippen LogP contribution in [0.1, 0.15) is 142 Å². The fourth-order valence-corrected chi connectivity index (χ4v) is 13.4. The molecule has 1 aromatic rings. The van der Waals surface area contributed by atoms with Gasteiger partial charge in [0, 0.05) is 21.4 Å². The van der Waals surface area contributed by atoms with Crippen molar-refractivity contribution in [3.8, 4) is 11.8 Å². The van der Waals surface area contributed by atoms with Crippen LogP contribution in [0.2, 0.25) is 5.02 Å². The summed E-state index contributed by atoms with van der Waals surface area (Å²) in [4.78, 5) is 36.9. The third kappa shape index (κ3) is 5.87. The van der Waals surface area contributed by atoms with Crippen LogP contribution >= 0.6 is 11.6 Å². The van der Waals surface area contributed by atoms with E-state index < -0.39 is 23.3 Å². The van der Waals surface area contributed by atoms with Crippen molar-refractivity contribution in [3.05, 3.63) is 46.5 Å². The molecular weight excluding hydrogens is 660 g/mol. The predicted molar refractivity (Wildman–Crippen MR) is 200 cm³/mol. The van der Waals surface area contributed by atoms with Crippen molar-refractivity contribution < 1.29 is 29.3 Å². The monoisotopic (exact) mass is 718 g/mol. The minimum Gasteiger partial charge on any atom is -0.481 e. The average Bonchev–Trinajstić information content (AvgIpc) is 3.42. The molecule has 5 fully saturated rings. The van der Waals surface area contributed by atoms with Gasteiger partial charge in [0.2, 0.25) is 0 Å². The second kappa shape index (κ2) is 12.7. The highest BCUT2D eigenvalue weighted by Crippen LogP contribution is 2.77. The summed E-state index contributed by atoms with van der Waals surface area (Å²) in [6, 6.07) is 4.99. The number of allylic oxidation sites excluding steroid dienone is 1. The number of benzene rings is 1. The van der Waals surface area contributed by atoms with E-state index in [1.165, 1.54) is 18.1 Å². The van der Waals surface area contributed by atoms with E-state index in [4.69, 9.17) is 16.3 Å². The van der Waals surface area contributed by atoms with Gasteiger partial charge in [0.05, 0.1) is 17.4 Å².